The van der Waals surface area contributed by atoms with Crippen molar-refractivity contribution in [1.29, 1.82) is 0 Å². The van der Waals surface area contributed by atoms with Gasteiger partial charge < -0.3 is 9.88 Å². The van der Waals surface area contributed by atoms with Crippen LogP contribution in [0.4, 0.5) is 0 Å². The monoisotopic (exact) mass is 260 g/mol. The molecule has 0 saturated heterocycles. The Morgan fingerprint density at radius 1 is 1.47 bits per heavy atom. The van der Waals surface area contributed by atoms with Crippen LogP contribution in [0.15, 0.2) is 25.0 Å². The van der Waals surface area contributed by atoms with Crippen molar-refractivity contribution in [2.24, 2.45) is 0 Å². The molecule has 100 valence electrons. The van der Waals surface area contributed by atoms with Gasteiger partial charge in [0.05, 0.1) is 0 Å². The lowest BCUT2D eigenvalue weighted by molar-refractivity contribution is -0.121. The Balaban J connectivity index is 1.45. The summed E-state index contributed by atoms with van der Waals surface area (Å²) in [5.74, 6) is 1.71. The number of carbonyl (C=O) groups is 1. The van der Waals surface area contributed by atoms with Gasteiger partial charge in [0.25, 0.3) is 0 Å². The molecule has 7 heteroatoms. The van der Waals surface area contributed by atoms with E-state index in [1.54, 1.807) is 0 Å². The normalized spacial score (nSPS) is 14.5. The summed E-state index contributed by atoms with van der Waals surface area (Å²) in [6.07, 6.45) is 9.20. The van der Waals surface area contributed by atoms with Gasteiger partial charge in [0.15, 0.2) is 0 Å². The lowest BCUT2D eigenvalue weighted by Gasteiger charge is -2.08. The van der Waals surface area contributed by atoms with Gasteiger partial charge in [0, 0.05) is 31.4 Å². The number of imidazole rings is 1. The number of hydrogen-bond acceptors (Lipinski definition) is 4. The molecule has 1 amide bonds. The summed E-state index contributed by atoms with van der Waals surface area (Å²) in [6.45, 7) is 1.57. The van der Waals surface area contributed by atoms with Crippen molar-refractivity contribution in [1.82, 2.24) is 29.6 Å². The van der Waals surface area contributed by atoms with Crippen molar-refractivity contribution in [3.05, 3.63) is 30.9 Å². The molecule has 1 aliphatic rings. The highest BCUT2D eigenvalue weighted by atomic mass is 16.2. The summed E-state index contributed by atoms with van der Waals surface area (Å²) < 4.78 is 3.62. The number of amides is 1. The van der Waals surface area contributed by atoms with Gasteiger partial charge in [-0.15, -0.1) is 0 Å². The second kappa shape index (κ2) is 5.21. The van der Waals surface area contributed by atoms with Gasteiger partial charge in [0.2, 0.25) is 5.91 Å². The number of rotatable bonds is 6. The summed E-state index contributed by atoms with van der Waals surface area (Å²) in [6, 6.07) is 0. The second-order valence-electron chi connectivity index (χ2n) is 4.70. The zero-order valence-corrected chi connectivity index (χ0v) is 10.6. The van der Waals surface area contributed by atoms with Crippen molar-refractivity contribution in [3.8, 4) is 0 Å². The van der Waals surface area contributed by atoms with Gasteiger partial charge in [-0.05, 0) is 12.8 Å². The molecule has 0 atom stereocenters. The maximum atomic E-state index is 11.6. The van der Waals surface area contributed by atoms with Crippen LogP contribution < -0.4 is 5.32 Å². The molecule has 0 radical (unpaired) electrons. The number of aromatic nitrogens is 5. The molecule has 2 aromatic heterocycles. The summed E-state index contributed by atoms with van der Waals surface area (Å²) in [4.78, 5) is 19.8. The maximum Gasteiger partial charge on any atom is 0.241 e. The fourth-order valence-electron chi connectivity index (χ4n) is 2.04. The van der Waals surface area contributed by atoms with Crippen LogP contribution in [0.3, 0.4) is 0 Å². The Hall–Kier alpha value is -2.18. The Kier molecular flexibility index (Phi) is 3.26. The third-order valence-corrected chi connectivity index (χ3v) is 3.14. The highest BCUT2D eigenvalue weighted by Crippen LogP contribution is 2.38. The average molecular weight is 260 g/mol. The molecule has 0 spiro atoms. The first-order valence-corrected chi connectivity index (χ1v) is 6.43. The molecule has 1 N–H and O–H groups in total. The topological polar surface area (TPSA) is 77.6 Å². The summed E-state index contributed by atoms with van der Waals surface area (Å²) in [5, 5.41) is 6.76. The Morgan fingerprint density at radius 3 is 3.11 bits per heavy atom. The predicted octanol–water partition coefficient (Wildman–Crippen LogP) is 0.168. The molecule has 2 aromatic rings. The maximum absolute atomic E-state index is 11.6. The van der Waals surface area contributed by atoms with E-state index in [1.807, 2.05) is 12.4 Å². The van der Waals surface area contributed by atoms with Gasteiger partial charge in [-0.25, -0.2) is 14.6 Å². The first kappa shape index (κ1) is 11.9. The SMILES string of the molecule is O=C(Cn1cncn1)NCCn1ccnc1C1CC1. The van der Waals surface area contributed by atoms with Crippen LogP contribution in [0.5, 0.6) is 0 Å². The van der Waals surface area contributed by atoms with Crippen LogP contribution in [0, 0.1) is 0 Å². The molecule has 0 bridgehead atoms. The summed E-state index contributed by atoms with van der Waals surface area (Å²) in [7, 11) is 0. The van der Waals surface area contributed by atoms with Gasteiger partial charge in [0.1, 0.15) is 25.0 Å². The Labute approximate surface area is 110 Å². The molecule has 3 rings (SSSR count). The Bertz CT molecular complexity index is 542. The van der Waals surface area contributed by atoms with Gasteiger partial charge >= 0.3 is 0 Å². The second-order valence-corrected chi connectivity index (χ2v) is 4.70. The van der Waals surface area contributed by atoms with Crippen LogP contribution in [0.25, 0.3) is 0 Å². The lowest BCUT2D eigenvalue weighted by atomic mass is 10.4. The molecule has 0 aromatic carbocycles. The van der Waals surface area contributed by atoms with Crippen molar-refractivity contribution < 1.29 is 4.79 Å². The minimum Gasteiger partial charge on any atom is -0.353 e. The van der Waals surface area contributed by atoms with Crippen LogP contribution in [0.1, 0.15) is 24.6 Å². The van der Waals surface area contributed by atoms with Gasteiger partial charge in [-0.2, -0.15) is 5.10 Å². The molecule has 1 aliphatic carbocycles. The molecule has 7 nitrogen and oxygen atoms in total. The van der Waals surface area contributed by atoms with Crippen LogP contribution in [-0.2, 0) is 17.9 Å². The summed E-state index contributed by atoms with van der Waals surface area (Å²) >= 11 is 0. The standard InChI is InChI=1S/C12H16N6O/c19-11(7-18-9-13-8-16-18)14-3-5-17-6-4-15-12(17)10-1-2-10/h4,6,8-10H,1-3,5,7H2,(H,14,19). The number of nitrogens with one attached hydrogen (secondary N) is 1. The summed E-state index contributed by atoms with van der Waals surface area (Å²) in [5.41, 5.74) is 0. The van der Waals surface area contributed by atoms with Crippen molar-refractivity contribution in [2.75, 3.05) is 6.54 Å². The molecule has 19 heavy (non-hydrogen) atoms. The zero-order chi connectivity index (χ0) is 13.1. The average Bonchev–Trinajstić information content (AvgIpc) is 2.92. The molecular formula is C12H16N6O. The number of hydrogen-bond donors (Lipinski definition) is 1. The molecule has 1 saturated carbocycles. The van der Waals surface area contributed by atoms with E-state index in [1.165, 1.54) is 30.2 Å². The first-order valence-electron chi connectivity index (χ1n) is 6.43. The van der Waals surface area contributed by atoms with E-state index in [2.05, 4.69) is 25.0 Å². The van der Waals surface area contributed by atoms with Crippen molar-refractivity contribution in [3.63, 3.8) is 0 Å². The fraction of sp³-hybridized carbons (Fsp3) is 0.500. The van der Waals surface area contributed by atoms with E-state index in [9.17, 15) is 4.79 Å². The van der Waals surface area contributed by atoms with Gasteiger partial charge in [-0.3, -0.25) is 4.79 Å². The molecule has 0 aliphatic heterocycles. The lowest BCUT2D eigenvalue weighted by Crippen LogP contribution is -2.30. The van der Waals surface area contributed by atoms with Crippen LogP contribution in [0.2, 0.25) is 0 Å². The largest absolute Gasteiger partial charge is 0.353 e. The van der Waals surface area contributed by atoms with Gasteiger partial charge in [-0.1, -0.05) is 0 Å². The van der Waals surface area contributed by atoms with Crippen LogP contribution in [-0.4, -0.2) is 36.8 Å². The molecule has 0 unspecified atom stereocenters. The Morgan fingerprint density at radius 2 is 2.37 bits per heavy atom. The van der Waals surface area contributed by atoms with E-state index in [-0.39, 0.29) is 12.5 Å². The van der Waals surface area contributed by atoms with E-state index < -0.39 is 0 Å². The highest BCUT2D eigenvalue weighted by Gasteiger charge is 2.27. The smallest absolute Gasteiger partial charge is 0.241 e. The third kappa shape index (κ3) is 2.98. The number of carbonyl (C=O) groups excluding carboxylic acids is 1. The van der Waals surface area contributed by atoms with Crippen LogP contribution >= 0.6 is 0 Å². The van der Waals surface area contributed by atoms with Crippen molar-refractivity contribution in [2.45, 2.75) is 31.8 Å². The van der Waals surface area contributed by atoms with E-state index in [4.69, 9.17) is 0 Å². The van der Waals surface area contributed by atoms with E-state index >= 15 is 0 Å². The van der Waals surface area contributed by atoms with E-state index in [0.29, 0.717) is 12.5 Å². The quantitative estimate of drug-likeness (QED) is 0.803. The minimum atomic E-state index is -0.0569. The molecule has 2 heterocycles. The third-order valence-electron chi connectivity index (χ3n) is 3.14. The zero-order valence-electron chi connectivity index (χ0n) is 10.6. The van der Waals surface area contributed by atoms with E-state index in [0.717, 1.165) is 12.4 Å². The highest BCUT2D eigenvalue weighted by molar-refractivity contribution is 5.75. The molecular weight excluding hydrogens is 244 g/mol. The van der Waals surface area contributed by atoms with Crippen molar-refractivity contribution >= 4 is 5.91 Å². The fourth-order valence-corrected chi connectivity index (χ4v) is 2.04. The first-order chi connectivity index (χ1) is 9.33. The minimum absolute atomic E-state index is 0.0569. The predicted molar refractivity (Wildman–Crippen MR) is 67.2 cm³/mol. The molecule has 1 fully saturated rings. The number of nitrogens with zero attached hydrogens (tertiary/aromatic N) is 5.